The highest BCUT2D eigenvalue weighted by Gasteiger charge is 2.51. The van der Waals surface area contributed by atoms with E-state index < -0.39 is 5.54 Å². The molecule has 0 spiro atoms. The van der Waals surface area contributed by atoms with Crippen molar-refractivity contribution < 1.29 is 4.79 Å². The highest BCUT2D eigenvalue weighted by atomic mass is 16.2. The number of amides is 1. The van der Waals surface area contributed by atoms with Gasteiger partial charge in [-0.05, 0) is 81.3 Å². The summed E-state index contributed by atoms with van der Waals surface area (Å²) in [5.74, 6) is 2.55. The van der Waals surface area contributed by atoms with Crippen LogP contribution in [0.4, 0.5) is 11.4 Å². The van der Waals surface area contributed by atoms with Gasteiger partial charge in [-0.2, -0.15) is 5.26 Å². The number of carbonyl (C=O) groups excluding carboxylic acids is 1. The Balaban J connectivity index is 1.42. The molecule has 1 unspecified atom stereocenters. The minimum atomic E-state index is -0.851. The van der Waals surface area contributed by atoms with Gasteiger partial charge < -0.3 is 16.0 Å². The second kappa shape index (κ2) is 7.55. The Labute approximate surface area is 174 Å². The predicted molar refractivity (Wildman–Crippen MR) is 116 cm³/mol. The molecule has 1 atom stereocenters. The van der Waals surface area contributed by atoms with Gasteiger partial charge in [-0.1, -0.05) is 26.0 Å². The number of nitrogens with zero attached hydrogens (tertiary/aromatic N) is 1. The van der Waals surface area contributed by atoms with E-state index in [1.165, 1.54) is 38.5 Å². The number of hydrogen-bond acceptors (Lipinski definition) is 4. The van der Waals surface area contributed by atoms with Crippen molar-refractivity contribution in [1.82, 2.24) is 5.32 Å². The number of anilines is 2. The van der Waals surface area contributed by atoms with E-state index in [4.69, 9.17) is 0 Å². The van der Waals surface area contributed by atoms with Crippen LogP contribution < -0.4 is 16.0 Å². The molecular weight excluding hydrogens is 360 g/mol. The van der Waals surface area contributed by atoms with Gasteiger partial charge in [-0.25, -0.2) is 0 Å². The molecule has 4 bridgehead atoms. The summed E-state index contributed by atoms with van der Waals surface area (Å²) in [4.78, 5) is 12.5. The van der Waals surface area contributed by atoms with Gasteiger partial charge in [-0.15, -0.1) is 0 Å². The molecule has 5 rings (SSSR count). The summed E-state index contributed by atoms with van der Waals surface area (Å²) in [5, 5.41) is 19.5. The van der Waals surface area contributed by atoms with E-state index in [-0.39, 0.29) is 23.9 Å². The number of nitrogens with one attached hydrogen (secondary N) is 3. The van der Waals surface area contributed by atoms with Crippen molar-refractivity contribution in [3.05, 3.63) is 24.3 Å². The molecule has 5 nitrogen and oxygen atoms in total. The zero-order chi connectivity index (χ0) is 20.6. The van der Waals surface area contributed by atoms with Gasteiger partial charge in [0, 0.05) is 5.54 Å². The van der Waals surface area contributed by atoms with Crippen molar-refractivity contribution in [1.29, 1.82) is 5.26 Å². The van der Waals surface area contributed by atoms with Gasteiger partial charge in [0.2, 0.25) is 5.91 Å². The van der Waals surface area contributed by atoms with Crippen LogP contribution in [0.25, 0.3) is 0 Å². The van der Waals surface area contributed by atoms with Gasteiger partial charge in [0.1, 0.15) is 5.54 Å². The number of nitriles is 1. The average molecular weight is 395 g/mol. The molecule has 4 fully saturated rings. The van der Waals surface area contributed by atoms with E-state index in [0.29, 0.717) is 0 Å². The smallest absolute Gasteiger partial charge is 0.240 e. The van der Waals surface area contributed by atoms with Crippen LogP contribution in [-0.2, 0) is 4.79 Å². The summed E-state index contributed by atoms with van der Waals surface area (Å²) in [7, 11) is 0. The molecule has 5 heteroatoms. The molecule has 0 saturated heterocycles. The van der Waals surface area contributed by atoms with Gasteiger partial charge in [0.15, 0.2) is 0 Å². The summed E-state index contributed by atoms with van der Waals surface area (Å²) >= 11 is 0. The maximum atomic E-state index is 12.5. The molecule has 4 saturated carbocycles. The minimum Gasteiger partial charge on any atom is -0.378 e. The zero-order valence-electron chi connectivity index (χ0n) is 17.9. The van der Waals surface area contributed by atoms with E-state index in [1.54, 1.807) is 6.92 Å². The third-order valence-corrected chi connectivity index (χ3v) is 7.59. The number of hydrogen-bond donors (Lipinski definition) is 3. The summed E-state index contributed by atoms with van der Waals surface area (Å²) in [6, 6.07) is 10.4. The lowest BCUT2D eigenvalue weighted by Gasteiger charge is -2.57. The van der Waals surface area contributed by atoms with E-state index >= 15 is 0 Å². The first-order valence-corrected chi connectivity index (χ1v) is 11.1. The molecule has 3 N–H and O–H groups in total. The Morgan fingerprint density at radius 2 is 1.69 bits per heavy atom. The Kier molecular flexibility index (Phi) is 5.23. The first kappa shape index (κ1) is 20.1. The highest BCUT2D eigenvalue weighted by molar-refractivity contribution is 5.83. The quantitative estimate of drug-likeness (QED) is 0.635. The van der Waals surface area contributed by atoms with Crippen LogP contribution in [0.2, 0.25) is 0 Å². The number of rotatable bonds is 7. The van der Waals surface area contributed by atoms with Crippen LogP contribution in [-0.4, -0.2) is 23.5 Å². The fraction of sp³-hybridized carbons (Fsp3) is 0.667. The first-order valence-electron chi connectivity index (χ1n) is 11.1. The number of para-hydroxylation sites is 2. The van der Waals surface area contributed by atoms with E-state index in [1.807, 2.05) is 26.0 Å². The third-order valence-electron chi connectivity index (χ3n) is 7.59. The molecular formula is C24H34N4O. The largest absolute Gasteiger partial charge is 0.378 e. The number of carbonyl (C=O) groups is 1. The molecule has 0 aromatic heterocycles. The summed E-state index contributed by atoms with van der Waals surface area (Å²) in [6.07, 6.45) is 8.12. The lowest BCUT2D eigenvalue weighted by molar-refractivity contribution is -0.121. The molecule has 1 amide bonds. The van der Waals surface area contributed by atoms with Gasteiger partial charge in [-0.3, -0.25) is 4.79 Å². The molecule has 0 radical (unpaired) electrons. The third kappa shape index (κ3) is 4.08. The van der Waals surface area contributed by atoms with Crippen molar-refractivity contribution in [2.75, 3.05) is 17.2 Å². The van der Waals surface area contributed by atoms with Crippen LogP contribution >= 0.6 is 0 Å². The van der Waals surface area contributed by atoms with Crippen LogP contribution in [0.5, 0.6) is 0 Å². The van der Waals surface area contributed by atoms with E-state index in [2.05, 4.69) is 34.2 Å². The summed E-state index contributed by atoms with van der Waals surface area (Å²) < 4.78 is 0. The molecule has 4 aliphatic rings. The van der Waals surface area contributed by atoms with E-state index in [9.17, 15) is 10.1 Å². The van der Waals surface area contributed by atoms with Crippen molar-refractivity contribution >= 4 is 17.3 Å². The molecule has 156 valence electrons. The maximum Gasteiger partial charge on any atom is 0.240 e. The SMILES string of the molecule is CC(C)C(C)(C#N)NC(=O)CNc1ccccc1NC12CC3CC(CC(C3)C1)C2. The summed E-state index contributed by atoms with van der Waals surface area (Å²) in [6.45, 7) is 5.82. The van der Waals surface area contributed by atoms with Crippen molar-refractivity contribution in [2.45, 2.75) is 70.4 Å². The Bertz CT molecular complexity index is 776. The topological polar surface area (TPSA) is 77.0 Å². The standard InChI is InChI=1S/C24H34N4O/c1-16(2)23(3,15-25)28-22(29)14-26-20-6-4-5-7-21(20)27-24-11-17-8-18(12-24)10-19(9-17)13-24/h4-7,16-19,26-27H,8-14H2,1-3H3,(H,28,29). The fourth-order valence-corrected chi connectivity index (χ4v) is 6.11. The van der Waals surface area contributed by atoms with Gasteiger partial charge in [0.25, 0.3) is 0 Å². The van der Waals surface area contributed by atoms with E-state index in [0.717, 1.165) is 29.1 Å². The minimum absolute atomic E-state index is 0.0430. The van der Waals surface area contributed by atoms with Crippen molar-refractivity contribution in [3.8, 4) is 6.07 Å². The normalized spacial score (nSPS) is 31.8. The Hall–Kier alpha value is -2.22. The van der Waals surface area contributed by atoms with Crippen LogP contribution in [0.3, 0.4) is 0 Å². The summed E-state index contributed by atoms with van der Waals surface area (Å²) in [5.41, 5.74) is 1.43. The predicted octanol–water partition coefficient (Wildman–Crippen LogP) is 4.53. The monoisotopic (exact) mass is 394 g/mol. The maximum absolute atomic E-state index is 12.5. The zero-order valence-corrected chi connectivity index (χ0v) is 17.9. The number of benzene rings is 1. The lowest BCUT2D eigenvalue weighted by Crippen LogP contribution is -2.54. The Morgan fingerprint density at radius 1 is 1.14 bits per heavy atom. The molecule has 4 aliphatic carbocycles. The molecule has 1 aromatic carbocycles. The fourth-order valence-electron chi connectivity index (χ4n) is 6.11. The average Bonchev–Trinajstić information content (AvgIpc) is 2.65. The molecule has 1 aromatic rings. The Morgan fingerprint density at radius 3 is 2.21 bits per heavy atom. The first-order chi connectivity index (χ1) is 13.8. The lowest BCUT2D eigenvalue weighted by atomic mass is 9.53. The van der Waals surface area contributed by atoms with Crippen molar-refractivity contribution in [2.24, 2.45) is 23.7 Å². The highest BCUT2D eigenvalue weighted by Crippen LogP contribution is 2.56. The van der Waals surface area contributed by atoms with Crippen LogP contribution in [0, 0.1) is 35.0 Å². The van der Waals surface area contributed by atoms with Crippen molar-refractivity contribution in [3.63, 3.8) is 0 Å². The van der Waals surface area contributed by atoms with Gasteiger partial charge in [0.05, 0.1) is 24.0 Å². The van der Waals surface area contributed by atoms with Crippen LogP contribution in [0.15, 0.2) is 24.3 Å². The molecule has 29 heavy (non-hydrogen) atoms. The molecule has 0 heterocycles. The van der Waals surface area contributed by atoms with Crippen LogP contribution in [0.1, 0.15) is 59.3 Å². The second-order valence-corrected chi connectivity index (χ2v) is 10.2. The second-order valence-electron chi connectivity index (χ2n) is 10.2. The van der Waals surface area contributed by atoms with Gasteiger partial charge >= 0.3 is 0 Å². The molecule has 0 aliphatic heterocycles.